The lowest BCUT2D eigenvalue weighted by Crippen LogP contribution is -1.83. The van der Waals surface area contributed by atoms with Crippen LogP contribution >= 0.6 is 27.3 Å². The van der Waals surface area contributed by atoms with Crippen molar-refractivity contribution in [3.63, 3.8) is 0 Å². The van der Waals surface area contributed by atoms with E-state index in [2.05, 4.69) is 15.9 Å². The minimum Gasteiger partial charge on any atom is -0.400 e. The maximum atomic E-state index is 10.8. The zero-order chi connectivity index (χ0) is 12.1. The van der Waals surface area contributed by atoms with Crippen molar-refractivity contribution in [1.29, 1.82) is 0 Å². The van der Waals surface area contributed by atoms with Gasteiger partial charge in [-0.05, 0) is 12.1 Å². The van der Waals surface area contributed by atoms with Gasteiger partial charge in [0.05, 0.1) is 4.88 Å². The van der Waals surface area contributed by atoms with Crippen molar-refractivity contribution in [3.05, 3.63) is 33.1 Å². The molecule has 0 fully saturated rings. The van der Waals surface area contributed by atoms with E-state index in [1.165, 1.54) is 11.3 Å². The number of halogens is 1. The zero-order valence-corrected chi connectivity index (χ0v) is 10.8. The number of aliphatic hydroxyl groups excluding tert-OH is 1. The van der Waals surface area contributed by atoms with E-state index in [4.69, 9.17) is 5.11 Å². The van der Waals surface area contributed by atoms with Gasteiger partial charge < -0.3 is 5.11 Å². The van der Waals surface area contributed by atoms with Crippen LogP contribution in [0.1, 0.15) is 20.0 Å². The molecule has 1 heterocycles. The molecule has 5 heteroatoms. The number of hydrogen-bond acceptors (Lipinski definition) is 4. The van der Waals surface area contributed by atoms with Crippen LogP contribution in [0.5, 0.6) is 0 Å². The van der Waals surface area contributed by atoms with Crippen LogP contribution in [0, 0.1) is 0 Å². The molecule has 0 aliphatic carbocycles. The third kappa shape index (κ3) is 2.21. The molecule has 0 amide bonds. The van der Waals surface area contributed by atoms with Gasteiger partial charge in [0.2, 0.25) is 0 Å². The molecule has 0 radical (unpaired) electrons. The van der Waals surface area contributed by atoms with Gasteiger partial charge in [0.1, 0.15) is 0 Å². The van der Waals surface area contributed by atoms with Crippen molar-refractivity contribution in [1.82, 2.24) is 0 Å². The number of aliphatic hydroxyl groups is 1. The summed E-state index contributed by atoms with van der Waals surface area (Å²) in [5, 5.41) is 7.83. The number of fused-ring (bicyclic) bond motifs is 1. The van der Waals surface area contributed by atoms with Gasteiger partial charge in [-0.15, -0.1) is 11.3 Å². The van der Waals surface area contributed by atoms with Gasteiger partial charge in [-0.3, -0.25) is 9.59 Å². The highest BCUT2D eigenvalue weighted by atomic mass is 79.9. The second kappa shape index (κ2) is 5.89. The van der Waals surface area contributed by atoms with Crippen molar-refractivity contribution in [2.24, 2.45) is 0 Å². The summed E-state index contributed by atoms with van der Waals surface area (Å²) in [6, 6.07) is 5.63. The third-order valence-electron chi connectivity index (χ3n) is 1.95. The van der Waals surface area contributed by atoms with Crippen molar-refractivity contribution in [2.45, 2.75) is 0 Å². The van der Waals surface area contributed by atoms with Crippen LogP contribution in [-0.4, -0.2) is 24.8 Å². The van der Waals surface area contributed by atoms with Crippen LogP contribution in [-0.2, 0) is 0 Å². The van der Waals surface area contributed by atoms with Gasteiger partial charge in [0.15, 0.2) is 12.6 Å². The van der Waals surface area contributed by atoms with Crippen molar-refractivity contribution in [2.75, 3.05) is 7.11 Å². The molecule has 0 aliphatic rings. The van der Waals surface area contributed by atoms with E-state index in [0.717, 1.165) is 34.2 Å². The first-order valence-corrected chi connectivity index (χ1v) is 5.95. The highest BCUT2D eigenvalue weighted by Crippen LogP contribution is 2.34. The van der Waals surface area contributed by atoms with Crippen LogP contribution in [0.15, 0.2) is 22.7 Å². The number of rotatable bonds is 2. The smallest absolute Gasteiger partial charge is 0.160 e. The van der Waals surface area contributed by atoms with Gasteiger partial charge in [-0.2, -0.15) is 0 Å². The summed E-state index contributed by atoms with van der Waals surface area (Å²) in [6.07, 6.45) is 1.45. The number of benzene rings is 1. The van der Waals surface area contributed by atoms with E-state index >= 15 is 0 Å². The summed E-state index contributed by atoms with van der Waals surface area (Å²) in [5.41, 5.74) is 0.479. The fourth-order valence-electron chi connectivity index (χ4n) is 1.35. The standard InChI is InChI=1S/C10H5BrO2S.CH4O/c11-7-2-1-3-8-10(7)6(4-12)9(5-13)14-8;1-2/h1-5H;2H,1H3. The largest absolute Gasteiger partial charge is 0.400 e. The van der Waals surface area contributed by atoms with Crippen LogP contribution in [0.4, 0.5) is 0 Å². The number of hydrogen-bond donors (Lipinski definition) is 1. The quantitative estimate of drug-likeness (QED) is 0.868. The Morgan fingerprint density at radius 2 is 1.94 bits per heavy atom. The maximum Gasteiger partial charge on any atom is 0.160 e. The summed E-state index contributed by atoms with van der Waals surface area (Å²) >= 11 is 4.70. The highest BCUT2D eigenvalue weighted by Gasteiger charge is 2.12. The Kier molecular flexibility index (Phi) is 4.79. The van der Waals surface area contributed by atoms with Crippen LogP contribution in [0.2, 0.25) is 0 Å². The Morgan fingerprint density at radius 3 is 2.50 bits per heavy atom. The minimum atomic E-state index is 0.479. The predicted octanol–water partition coefficient (Wildman–Crippen LogP) is 2.90. The van der Waals surface area contributed by atoms with Gasteiger partial charge >= 0.3 is 0 Å². The molecule has 1 aromatic carbocycles. The molecule has 2 rings (SSSR count). The lowest BCUT2D eigenvalue weighted by Gasteiger charge is -1.93. The molecule has 1 aromatic heterocycles. The molecular formula is C11H9BrO3S. The average molecular weight is 301 g/mol. The molecule has 0 unspecified atom stereocenters. The van der Waals surface area contributed by atoms with E-state index in [9.17, 15) is 9.59 Å². The average Bonchev–Trinajstić information content (AvgIpc) is 2.70. The topological polar surface area (TPSA) is 54.4 Å². The molecule has 0 spiro atoms. The SMILES string of the molecule is CO.O=Cc1sc2cccc(Br)c2c1C=O. The molecule has 2 aromatic rings. The summed E-state index contributed by atoms with van der Waals surface area (Å²) in [7, 11) is 1.00. The molecule has 3 nitrogen and oxygen atoms in total. The van der Waals surface area contributed by atoms with Crippen LogP contribution in [0.25, 0.3) is 10.1 Å². The molecule has 0 atom stereocenters. The summed E-state index contributed by atoms with van der Waals surface area (Å²) in [6.45, 7) is 0. The fraction of sp³-hybridized carbons (Fsp3) is 0.0909. The molecular weight excluding hydrogens is 292 g/mol. The van der Waals surface area contributed by atoms with E-state index in [1.54, 1.807) is 0 Å². The van der Waals surface area contributed by atoms with Crippen molar-refractivity contribution < 1.29 is 14.7 Å². The van der Waals surface area contributed by atoms with Crippen LogP contribution < -0.4 is 0 Å². The lowest BCUT2D eigenvalue weighted by atomic mass is 10.1. The Labute approximate surface area is 105 Å². The van der Waals surface area contributed by atoms with E-state index in [1.807, 2.05) is 18.2 Å². The number of carbonyl (C=O) groups is 2. The second-order valence-corrected chi connectivity index (χ2v) is 4.67. The second-order valence-electron chi connectivity index (χ2n) is 2.73. The molecule has 0 aliphatic heterocycles. The van der Waals surface area contributed by atoms with E-state index in [0.29, 0.717) is 10.4 Å². The van der Waals surface area contributed by atoms with Gasteiger partial charge in [-0.25, -0.2) is 0 Å². The minimum absolute atomic E-state index is 0.479. The third-order valence-corrected chi connectivity index (χ3v) is 3.71. The maximum absolute atomic E-state index is 10.8. The summed E-state index contributed by atoms with van der Waals surface area (Å²) < 4.78 is 1.80. The Hall–Kier alpha value is -1.04. The number of carbonyl (C=O) groups excluding carboxylic acids is 2. The molecule has 1 N–H and O–H groups in total. The van der Waals surface area contributed by atoms with Crippen molar-refractivity contribution >= 4 is 49.9 Å². The van der Waals surface area contributed by atoms with Crippen molar-refractivity contribution in [3.8, 4) is 0 Å². The summed E-state index contributed by atoms with van der Waals surface area (Å²) in [4.78, 5) is 22.0. The summed E-state index contributed by atoms with van der Waals surface area (Å²) in [5.74, 6) is 0. The highest BCUT2D eigenvalue weighted by molar-refractivity contribution is 9.10. The molecule has 0 saturated carbocycles. The van der Waals surface area contributed by atoms with E-state index < -0.39 is 0 Å². The molecule has 16 heavy (non-hydrogen) atoms. The van der Waals surface area contributed by atoms with Gasteiger partial charge in [-0.1, -0.05) is 22.0 Å². The zero-order valence-electron chi connectivity index (χ0n) is 8.44. The molecule has 84 valence electrons. The first-order valence-electron chi connectivity index (χ1n) is 4.34. The molecule has 0 bridgehead atoms. The Balaban J connectivity index is 0.000000606. The lowest BCUT2D eigenvalue weighted by molar-refractivity contribution is 0.109. The Bertz CT molecular complexity index is 519. The van der Waals surface area contributed by atoms with Gasteiger partial charge in [0.25, 0.3) is 0 Å². The van der Waals surface area contributed by atoms with E-state index in [-0.39, 0.29) is 0 Å². The number of aldehydes is 2. The normalized spacial score (nSPS) is 9.44. The molecule has 0 saturated heterocycles. The van der Waals surface area contributed by atoms with Gasteiger partial charge in [0, 0.05) is 27.2 Å². The first-order chi connectivity index (χ1) is 7.77. The predicted molar refractivity (Wildman–Crippen MR) is 68.4 cm³/mol. The Morgan fingerprint density at radius 1 is 1.25 bits per heavy atom. The van der Waals surface area contributed by atoms with Crippen LogP contribution in [0.3, 0.4) is 0 Å². The number of thiophene rings is 1. The first kappa shape index (κ1) is 13.0. The fourth-order valence-corrected chi connectivity index (χ4v) is 3.08. The monoisotopic (exact) mass is 300 g/mol.